The zero-order chi connectivity index (χ0) is 13.6. The van der Waals surface area contributed by atoms with Crippen LogP contribution in [0.2, 0.25) is 0 Å². The quantitative estimate of drug-likeness (QED) is 0.730. The van der Waals surface area contributed by atoms with Crippen LogP contribution in [0, 0.1) is 18.6 Å². The predicted molar refractivity (Wildman–Crippen MR) is 65.9 cm³/mol. The summed E-state index contributed by atoms with van der Waals surface area (Å²) in [4.78, 5) is 15.7. The van der Waals surface area contributed by atoms with Gasteiger partial charge in [-0.25, -0.2) is 18.3 Å². The van der Waals surface area contributed by atoms with E-state index in [2.05, 4.69) is 10.1 Å². The lowest BCUT2D eigenvalue weighted by atomic mass is 10.1. The van der Waals surface area contributed by atoms with Gasteiger partial charge in [-0.3, -0.25) is 9.89 Å². The highest BCUT2D eigenvalue weighted by molar-refractivity contribution is 5.79. The van der Waals surface area contributed by atoms with E-state index in [4.69, 9.17) is 0 Å². The first-order chi connectivity index (χ1) is 9.08. The summed E-state index contributed by atoms with van der Waals surface area (Å²) in [5.74, 6) is -1.34. The fraction of sp³-hybridized carbons (Fsp3) is 0.0769. The number of benzene rings is 1. The molecule has 0 radical (unpaired) electrons. The summed E-state index contributed by atoms with van der Waals surface area (Å²) in [5.41, 5.74) is 1.27. The zero-order valence-corrected chi connectivity index (χ0v) is 9.95. The third kappa shape index (κ3) is 1.72. The molecule has 19 heavy (non-hydrogen) atoms. The topological polar surface area (TPSA) is 50.2 Å². The Morgan fingerprint density at radius 3 is 2.79 bits per heavy atom. The number of nitrogens with one attached hydrogen (secondary N) is 1. The van der Waals surface area contributed by atoms with Gasteiger partial charge in [-0.1, -0.05) is 0 Å². The van der Waals surface area contributed by atoms with Crippen molar-refractivity contribution in [2.75, 3.05) is 0 Å². The predicted octanol–water partition coefficient (Wildman–Crippen LogP) is 2.28. The van der Waals surface area contributed by atoms with Gasteiger partial charge in [0.2, 0.25) is 0 Å². The summed E-state index contributed by atoms with van der Waals surface area (Å²) in [7, 11) is 0. The molecule has 6 heteroatoms. The second kappa shape index (κ2) is 4.01. The smallest absolute Gasteiger partial charge is 0.272 e. The molecule has 2 heterocycles. The van der Waals surface area contributed by atoms with Crippen LogP contribution in [0.4, 0.5) is 8.78 Å². The fourth-order valence-corrected chi connectivity index (χ4v) is 2.10. The van der Waals surface area contributed by atoms with Crippen LogP contribution in [0.5, 0.6) is 0 Å². The summed E-state index contributed by atoms with van der Waals surface area (Å²) in [6, 6.07) is 4.61. The second-order valence-corrected chi connectivity index (χ2v) is 4.18. The Bertz CT molecular complexity index is 836. The lowest BCUT2D eigenvalue weighted by Gasteiger charge is -2.02. The minimum atomic E-state index is -0.692. The zero-order valence-electron chi connectivity index (χ0n) is 9.95. The average Bonchev–Trinajstić information content (AvgIpc) is 2.68. The van der Waals surface area contributed by atoms with Gasteiger partial charge < -0.3 is 0 Å². The van der Waals surface area contributed by atoms with Gasteiger partial charge in [0.1, 0.15) is 11.6 Å². The first-order valence-corrected chi connectivity index (χ1v) is 5.59. The maximum Gasteiger partial charge on any atom is 0.272 e. The van der Waals surface area contributed by atoms with Gasteiger partial charge >= 0.3 is 0 Å². The summed E-state index contributed by atoms with van der Waals surface area (Å²) >= 11 is 0. The number of hydrogen-bond donors (Lipinski definition) is 1. The molecule has 3 rings (SSSR count). The first-order valence-electron chi connectivity index (χ1n) is 5.59. The van der Waals surface area contributed by atoms with Gasteiger partial charge in [0, 0.05) is 35.2 Å². The van der Waals surface area contributed by atoms with Gasteiger partial charge in [0.05, 0.1) is 0 Å². The van der Waals surface area contributed by atoms with Gasteiger partial charge in [0.15, 0.2) is 5.65 Å². The van der Waals surface area contributed by atoms with Crippen molar-refractivity contribution in [1.29, 1.82) is 0 Å². The van der Waals surface area contributed by atoms with Gasteiger partial charge in [0.25, 0.3) is 5.56 Å². The standard InChI is InChI=1S/C13H9F2N3O/c1-7-12(9-3-2-8(14)6-10(9)15)13-16-5-4-11(19)18(13)17-7/h2-6,17H,1H3. The van der Waals surface area contributed by atoms with E-state index >= 15 is 0 Å². The molecule has 1 aromatic carbocycles. The molecule has 4 nitrogen and oxygen atoms in total. The van der Waals surface area contributed by atoms with Crippen molar-refractivity contribution in [2.24, 2.45) is 0 Å². The molecule has 0 unspecified atom stereocenters. The molecular weight excluding hydrogens is 252 g/mol. The van der Waals surface area contributed by atoms with Crippen LogP contribution in [-0.2, 0) is 0 Å². The van der Waals surface area contributed by atoms with Crippen molar-refractivity contribution in [3.8, 4) is 11.1 Å². The van der Waals surface area contributed by atoms with Crippen LogP contribution in [0.15, 0.2) is 35.3 Å². The van der Waals surface area contributed by atoms with Crippen LogP contribution in [0.25, 0.3) is 16.8 Å². The Balaban J connectivity index is 2.40. The highest BCUT2D eigenvalue weighted by atomic mass is 19.1. The fourth-order valence-electron chi connectivity index (χ4n) is 2.10. The summed E-state index contributed by atoms with van der Waals surface area (Å²) < 4.78 is 28.0. The molecule has 0 fully saturated rings. The molecule has 0 aliphatic heterocycles. The Hall–Kier alpha value is -2.50. The molecule has 0 aliphatic rings. The molecular formula is C13H9F2N3O. The van der Waals surface area contributed by atoms with Gasteiger partial charge in [-0.05, 0) is 19.1 Å². The van der Waals surface area contributed by atoms with E-state index in [0.29, 0.717) is 16.9 Å². The Morgan fingerprint density at radius 1 is 1.26 bits per heavy atom. The molecule has 0 spiro atoms. The molecule has 0 amide bonds. The van der Waals surface area contributed by atoms with Crippen molar-refractivity contribution in [2.45, 2.75) is 6.92 Å². The number of nitrogens with zero attached hydrogens (tertiary/aromatic N) is 2. The molecule has 0 bridgehead atoms. The van der Waals surface area contributed by atoms with E-state index in [1.165, 1.54) is 28.9 Å². The lowest BCUT2D eigenvalue weighted by Crippen LogP contribution is -2.12. The van der Waals surface area contributed by atoms with Crippen molar-refractivity contribution in [1.82, 2.24) is 14.6 Å². The number of aromatic nitrogens is 3. The van der Waals surface area contributed by atoms with E-state index in [0.717, 1.165) is 6.07 Å². The number of aryl methyl sites for hydroxylation is 1. The van der Waals surface area contributed by atoms with E-state index in [1.807, 2.05) is 0 Å². The summed E-state index contributed by atoms with van der Waals surface area (Å²) in [6.07, 6.45) is 1.36. The molecule has 2 aromatic heterocycles. The third-order valence-corrected chi connectivity index (χ3v) is 2.92. The number of H-pyrrole nitrogens is 1. The number of fused-ring (bicyclic) bond motifs is 1. The third-order valence-electron chi connectivity index (χ3n) is 2.92. The molecule has 0 atom stereocenters. The molecule has 96 valence electrons. The normalized spacial score (nSPS) is 11.1. The van der Waals surface area contributed by atoms with E-state index < -0.39 is 11.6 Å². The maximum absolute atomic E-state index is 13.9. The van der Waals surface area contributed by atoms with Gasteiger partial charge in [-0.2, -0.15) is 0 Å². The highest BCUT2D eigenvalue weighted by Gasteiger charge is 2.16. The van der Waals surface area contributed by atoms with Crippen LogP contribution in [0.1, 0.15) is 5.69 Å². The summed E-state index contributed by atoms with van der Waals surface area (Å²) in [6.45, 7) is 1.70. The molecule has 0 saturated carbocycles. The van der Waals surface area contributed by atoms with Crippen molar-refractivity contribution in [3.05, 3.63) is 58.1 Å². The summed E-state index contributed by atoms with van der Waals surface area (Å²) in [5, 5.41) is 2.82. The monoisotopic (exact) mass is 261 g/mol. The Labute approximate surface area is 106 Å². The Kier molecular flexibility index (Phi) is 2.45. The minimum absolute atomic E-state index is 0.204. The van der Waals surface area contributed by atoms with Crippen molar-refractivity contribution < 1.29 is 8.78 Å². The Morgan fingerprint density at radius 2 is 2.05 bits per heavy atom. The maximum atomic E-state index is 13.9. The number of hydrogen-bond acceptors (Lipinski definition) is 2. The van der Waals surface area contributed by atoms with Crippen molar-refractivity contribution in [3.63, 3.8) is 0 Å². The van der Waals surface area contributed by atoms with E-state index in [1.54, 1.807) is 6.92 Å². The molecule has 0 saturated heterocycles. The van der Waals surface area contributed by atoms with Crippen LogP contribution < -0.4 is 5.56 Å². The van der Waals surface area contributed by atoms with Crippen molar-refractivity contribution >= 4 is 5.65 Å². The van der Waals surface area contributed by atoms with Crippen LogP contribution >= 0.6 is 0 Å². The molecule has 3 aromatic rings. The van der Waals surface area contributed by atoms with E-state index in [-0.39, 0.29) is 11.1 Å². The average molecular weight is 261 g/mol. The SMILES string of the molecule is Cc1[nH]n2c(=O)ccnc2c1-c1ccc(F)cc1F. The highest BCUT2D eigenvalue weighted by Crippen LogP contribution is 2.28. The minimum Gasteiger partial charge on any atom is -0.293 e. The lowest BCUT2D eigenvalue weighted by molar-refractivity contribution is 0.585. The van der Waals surface area contributed by atoms with E-state index in [9.17, 15) is 13.6 Å². The number of halogens is 2. The van der Waals surface area contributed by atoms with Crippen LogP contribution in [-0.4, -0.2) is 14.6 Å². The van der Waals surface area contributed by atoms with Gasteiger partial charge in [-0.15, -0.1) is 0 Å². The van der Waals surface area contributed by atoms with Crippen LogP contribution in [0.3, 0.4) is 0 Å². The first kappa shape index (κ1) is 11.6. The number of aromatic amines is 1. The molecule has 0 aliphatic carbocycles. The largest absolute Gasteiger partial charge is 0.293 e. The molecule has 1 N–H and O–H groups in total. The second-order valence-electron chi connectivity index (χ2n) is 4.18. The number of rotatable bonds is 1.